The van der Waals surface area contributed by atoms with Crippen molar-refractivity contribution in [2.45, 2.75) is 0 Å². The van der Waals surface area contributed by atoms with Gasteiger partial charge < -0.3 is 0 Å². The molecule has 0 unspecified atom stereocenters. The van der Waals surface area contributed by atoms with Gasteiger partial charge in [-0.3, -0.25) is 0 Å². The van der Waals surface area contributed by atoms with Gasteiger partial charge in [0.05, 0.1) is 0 Å². The third-order valence-corrected chi connectivity index (χ3v) is 0. The second kappa shape index (κ2) is 23.7. The summed E-state index contributed by atoms with van der Waals surface area (Å²) in [6, 6.07) is 0. The maximum absolute atomic E-state index is 8.64. The fourth-order valence-electron chi connectivity index (χ4n) is 0. The van der Waals surface area contributed by atoms with Crippen LogP contribution < -0.4 is 26.8 Å². The molecule has 0 atom stereocenters. The van der Waals surface area contributed by atoms with Crippen molar-refractivity contribution in [2.24, 2.45) is 0 Å². The molecule has 0 aliphatic heterocycles. The van der Waals surface area contributed by atoms with Gasteiger partial charge in [0.1, 0.15) is 0 Å². The summed E-state index contributed by atoms with van der Waals surface area (Å²) in [5.41, 5.74) is 0. The van der Waals surface area contributed by atoms with Gasteiger partial charge in [-0.15, -0.1) is 0 Å². The Hall–Kier alpha value is 0.819. The van der Waals surface area contributed by atoms with Crippen molar-refractivity contribution in [3.63, 3.8) is 0 Å². The third kappa shape index (κ3) is 59400. The first-order chi connectivity index (χ1) is 14.0. The van der Waals surface area contributed by atoms with E-state index in [1.165, 1.54) is 0 Å². The second-order valence-corrected chi connectivity index (χ2v) is 21.7. The maximum atomic E-state index is 8.64. The summed E-state index contributed by atoms with van der Waals surface area (Å²) in [5.74, 6) is 0. The predicted molar refractivity (Wildman–Crippen MR) is 14.4 cm³/mol. The van der Waals surface area contributed by atoms with Crippen LogP contribution in [0.3, 0.4) is 0 Å². The summed E-state index contributed by atoms with van der Waals surface area (Å²) in [6.45, 7) is 0. The molecule has 0 saturated heterocycles. The first-order valence-electron chi connectivity index (χ1n) is 4.32. The Morgan fingerprint density at radius 2 is 0.194 bits per heavy atom. The Morgan fingerprint density at radius 3 is 0.194 bits per heavy atom. The van der Waals surface area contributed by atoms with E-state index in [1.807, 2.05) is 0 Å². The quantitative estimate of drug-likeness (QED) is 0.217. The Bertz CT molecular complexity index is 1290. The fraction of sp³-hybridized carbons (Fsp3) is 0. The summed E-state index contributed by atoms with van der Waals surface area (Å²) in [7, 11) is 0. The molecule has 28 nitrogen and oxygen atoms in total. The topological polar surface area (TPSA) is 520 Å². The largest absolute Gasteiger partial charge is 7.00 e. The minimum absolute atomic E-state index is 0. The average Bonchev–Trinajstić information content (AvgIpc) is 2.06. The van der Waals surface area contributed by atoms with Crippen LogP contribution in [0.25, 0.3) is 0 Å². The fourth-order valence-corrected chi connectivity index (χ4v) is 0. The van der Waals surface area contributed by atoms with Gasteiger partial charge in [-0.05, 0) is 0 Å². The first-order valence-corrected chi connectivity index (χ1v) is 35.4. The zero-order chi connectivity index (χ0) is 31.5. The summed E-state index contributed by atoms with van der Waals surface area (Å²) in [6.07, 6.45) is 0. The maximum Gasteiger partial charge on any atom is 7.00 e. The van der Waals surface area contributed by atoms with Crippen LogP contribution in [0.4, 0.5) is 0 Å². The van der Waals surface area contributed by atoms with E-state index in [0.29, 0.717) is 0 Å². The molecule has 0 spiro atoms. The molecule has 0 heterocycles. The predicted octanol–water partition coefficient (Wildman–Crippen LogP) is -10.8. The Balaban J connectivity index is -0.0000000422. The first kappa shape index (κ1) is 56.9. The molecule has 0 fully saturated rings. The van der Waals surface area contributed by atoms with Gasteiger partial charge >= 0.3 is 231 Å². The van der Waals surface area contributed by atoms with E-state index in [2.05, 4.69) is 0 Å². The van der Waals surface area contributed by atoms with Crippen molar-refractivity contribution in [1.82, 2.24) is 0 Å². The van der Waals surface area contributed by atoms with E-state index < -0.39 is 111 Å². The van der Waals surface area contributed by atoms with Gasteiger partial charge in [0, 0.05) is 0 Å². The van der Waals surface area contributed by atoms with Gasteiger partial charge in [0.2, 0.25) is 0 Å². The molecule has 0 rings (SSSR count). The van der Waals surface area contributed by atoms with E-state index >= 15 is 0 Å². The van der Waals surface area contributed by atoms with Crippen LogP contribution in [-0.2, 0) is 204 Å². The van der Waals surface area contributed by atoms with E-state index in [-0.39, 0.29) is 20.4 Å². The average molecular weight is 1940 g/mol. The summed E-state index contributed by atoms with van der Waals surface area (Å²) < 4.78 is 242. The number of hydrogen-bond acceptors (Lipinski definition) is 28. The zero-order valence-corrected chi connectivity index (χ0v) is 36.2. The standard InChI is InChI=1S/28O.8Re/q;;;;;;;;;;;;;;;;;;;;;7*-1;;;;;;;;+7. The van der Waals surface area contributed by atoms with Crippen LogP contribution >= 0.6 is 0 Å². The molecule has 36 heteroatoms. The molecule has 0 aromatic rings. The number of rotatable bonds is 0. The molecule has 0 N–H and O–H groups in total. The number of hydrogen-bond donors (Lipinski definition) is 0. The van der Waals surface area contributed by atoms with Crippen LogP contribution in [0, 0.1) is 0 Å². The van der Waals surface area contributed by atoms with Crippen LogP contribution in [0.5, 0.6) is 0 Å². The smallest absolute Gasteiger partial charge is 7.00 e. The van der Waals surface area contributed by atoms with Crippen molar-refractivity contribution in [2.75, 3.05) is 0 Å². The van der Waals surface area contributed by atoms with Crippen LogP contribution in [0.15, 0.2) is 0 Å². The Kier molecular flexibility index (Phi) is 37.4. The molecular formula is O28Re8. The van der Waals surface area contributed by atoms with Crippen LogP contribution in [0.1, 0.15) is 0 Å². The van der Waals surface area contributed by atoms with Crippen molar-refractivity contribution in [3.8, 4) is 0 Å². The Labute approximate surface area is 227 Å². The second-order valence-electron chi connectivity index (χ2n) is 2.65. The minimum atomic E-state index is -6.11. The van der Waals surface area contributed by atoms with Crippen molar-refractivity contribution in [3.05, 3.63) is 0 Å². The van der Waals surface area contributed by atoms with Gasteiger partial charge in [-0.2, -0.15) is 0 Å². The molecule has 0 aliphatic rings. The van der Waals surface area contributed by atoms with Crippen molar-refractivity contribution >= 4 is 0 Å². The molecule has 0 aromatic carbocycles. The summed E-state index contributed by atoms with van der Waals surface area (Å²) >= 11 is -42.8. The van der Waals surface area contributed by atoms with Gasteiger partial charge in [-0.25, -0.2) is 0 Å². The molecular weight excluding hydrogens is 1940 g/mol. The van der Waals surface area contributed by atoms with Gasteiger partial charge in [0.15, 0.2) is 0 Å². The monoisotopic (exact) mass is 1940 g/mol. The van der Waals surface area contributed by atoms with E-state index in [4.69, 9.17) is 99.7 Å². The van der Waals surface area contributed by atoms with E-state index in [9.17, 15) is 0 Å². The summed E-state index contributed by atoms with van der Waals surface area (Å²) in [4.78, 5) is 0. The van der Waals surface area contributed by atoms with Gasteiger partial charge in [0.25, 0.3) is 0 Å². The third-order valence-electron chi connectivity index (χ3n) is 0. The zero-order valence-electron chi connectivity index (χ0n) is 14.5. The summed E-state index contributed by atoms with van der Waals surface area (Å²) in [5, 5.41) is 0. The molecule has 0 amide bonds. The molecule has 0 aliphatic carbocycles. The SMILES string of the molecule is [O]=[Re](=[O])(=[O])[O-].[O]=[Re](=[O])(=[O])[O-].[O]=[Re](=[O])(=[O])[O-].[O]=[Re](=[O])(=[O])[O-].[O]=[Re](=[O])(=[O])[O-].[O]=[Re](=[O])(=[O])[O-].[O]=[Re](=[O])(=[O])[O-].[Re+7]. The Morgan fingerprint density at radius 1 is 0.194 bits per heavy atom. The van der Waals surface area contributed by atoms with Gasteiger partial charge in [-0.1, -0.05) is 0 Å². The normalized spacial score (nSPS) is 11.1. The van der Waals surface area contributed by atoms with Crippen molar-refractivity contribution in [1.29, 1.82) is 0 Å². The van der Waals surface area contributed by atoms with E-state index in [1.54, 1.807) is 0 Å². The molecule has 36 heavy (non-hydrogen) atoms. The minimum Gasteiger partial charge on any atom is 7.00 e. The van der Waals surface area contributed by atoms with Crippen LogP contribution in [-0.4, -0.2) is 0 Å². The van der Waals surface area contributed by atoms with Crippen LogP contribution in [0.2, 0.25) is 0 Å². The molecule has 224 valence electrons. The molecule has 0 saturated carbocycles. The molecule has 0 radical (unpaired) electrons. The molecule has 0 bridgehead atoms. The van der Waals surface area contributed by atoms with Crippen molar-refractivity contribution < 1.29 is 231 Å². The molecule has 0 aromatic heterocycles. The van der Waals surface area contributed by atoms with E-state index in [0.717, 1.165) is 0 Å².